The predicted molar refractivity (Wildman–Crippen MR) is 134 cm³/mol. The van der Waals surface area contributed by atoms with E-state index in [-0.39, 0.29) is 34.8 Å². The minimum atomic E-state index is -3.94. The van der Waals surface area contributed by atoms with Gasteiger partial charge in [-0.05, 0) is 48.7 Å². The number of sulfonamides is 1. The van der Waals surface area contributed by atoms with Crippen molar-refractivity contribution >= 4 is 39.1 Å². The molecule has 0 saturated heterocycles. The normalized spacial score (nSPS) is 12.2. The van der Waals surface area contributed by atoms with Crippen LogP contribution < -0.4 is 14.4 Å². The topological polar surface area (TPSA) is 96.0 Å². The second kappa shape index (κ2) is 12.2. The minimum Gasteiger partial charge on any atom is -0.495 e. The van der Waals surface area contributed by atoms with Crippen LogP contribution in [0.2, 0.25) is 5.02 Å². The number of hydrogen-bond donors (Lipinski definition) is 1. The lowest BCUT2D eigenvalue weighted by molar-refractivity contribution is -0.139. The lowest BCUT2D eigenvalue weighted by Gasteiger charge is -2.32. The number of methoxy groups -OCH3 is 1. The van der Waals surface area contributed by atoms with Crippen LogP contribution in [0.4, 0.5) is 10.1 Å². The van der Waals surface area contributed by atoms with Crippen LogP contribution in [-0.2, 0) is 26.2 Å². The smallest absolute Gasteiger partial charge is 0.244 e. The highest BCUT2D eigenvalue weighted by atomic mass is 35.5. The zero-order valence-electron chi connectivity index (χ0n) is 20.4. The molecule has 0 spiro atoms. The Balaban J connectivity index is 2.43. The summed E-state index contributed by atoms with van der Waals surface area (Å²) in [6.45, 7) is 5.22. The zero-order chi connectivity index (χ0) is 26.3. The molecule has 11 heteroatoms. The maximum absolute atomic E-state index is 13.5. The Morgan fingerprint density at radius 1 is 1.11 bits per heavy atom. The van der Waals surface area contributed by atoms with Crippen molar-refractivity contribution in [1.29, 1.82) is 0 Å². The summed E-state index contributed by atoms with van der Waals surface area (Å²) in [5.74, 6) is -1.05. The van der Waals surface area contributed by atoms with E-state index in [0.717, 1.165) is 10.6 Å². The summed E-state index contributed by atoms with van der Waals surface area (Å²) < 4.78 is 44.9. The van der Waals surface area contributed by atoms with E-state index in [1.807, 2.05) is 13.8 Å². The summed E-state index contributed by atoms with van der Waals surface area (Å²) in [4.78, 5) is 27.6. The molecule has 0 aliphatic carbocycles. The molecule has 0 heterocycles. The minimum absolute atomic E-state index is 0.0281. The first-order valence-electron chi connectivity index (χ1n) is 11.0. The highest BCUT2D eigenvalue weighted by molar-refractivity contribution is 7.92. The maximum Gasteiger partial charge on any atom is 0.244 e. The van der Waals surface area contributed by atoms with E-state index in [1.165, 1.54) is 54.5 Å². The van der Waals surface area contributed by atoms with E-state index < -0.39 is 34.3 Å². The Morgan fingerprint density at radius 2 is 1.74 bits per heavy atom. The molecule has 1 atom stereocenters. The summed E-state index contributed by atoms with van der Waals surface area (Å²) in [6.07, 6.45) is 0.962. The molecule has 0 saturated carbocycles. The Hall–Kier alpha value is -2.85. The van der Waals surface area contributed by atoms with Gasteiger partial charge in [-0.15, -0.1) is 0 Å². The summed E-state index contributed by atoms with van der Waals surface area (Å²) in [5.41, 5.74) is 0.670. The lowest BCUT2D eigenvalue weighted by Crippen LogP contribution is -2.51. The van der Waals surface area contributed by atoms with E-state index in [4.69, 9.17) is 16.3 Å². The van der Waals surface area contributed by atoms with Crippen LogP contribution in [0, 0.1) is 11.7 Å². The molecule has 0 fully saturated rings. The van der Waals surface area contributed by atoms with Crippen molar-refractivity contribution in [3.8, 4) is 5.75 Å². The first-order valence-corrected chi connectivity index (χ1v) is 13.2. The van der Waals surface area contributed by atoms with Gasteiger partial charge in [0.25, 0.3) is 0 Å². The van der Waals surface area contributed by atoms with Gasteiger partial charge in [-0.25, -0.2) is 12.8 Å². The number of benzene rings is 2. The second-order valence-electron chi connectivity index (χ2n) is 8.55. The molecule has 192 valence electrons. The first kappa shape index (κ1) is 28.4. The average molecular weight is 528 g/mol. The molecule has 2 aromatic rings. The molecule has 0 aliphatic rings. The summed E-state index contributed by atoms with van der Waals surface area (Å²) in [5, 5.41) is 3.05. The van der Waals surface area contributed by atoms with Crippen LogP contribution in [0.5, 0.6) is 5.75 Å². The van der Waals surface area contributed by atoms with E-state index in [1.54, 1.807) is 6.92 Å². The average Bonchev–Trinajstić information content (AvgIpc) is 2.79. The molecule has 35 heavy (non-hydrogen) atoms. The Kier molecular flexibility index (Phi) is 9.91. The van der Waals surface area contributed by atoms with Crippen molar-refractivity contribution in [3.05, 3.63) is 58.9 Å². The van der Waals surface area contributed by atoms with Gasteiger partial charge in [-0.3, -0.25) is 13.9 Å². The SMILES string of the molecule is COc1ccc(Cl)cc1N(CC(=O)N(Cc1ccc(F)cc1)C(C)C(=O)NCC(C)C)S(C)(=O)=O. The van der Waals surface area contributed by atoms with Crippen molar-refractivity contribution in [3.63, 3.8) is 0 Å². The fraction of sp³-hybridized carbons (Fsp3) is 0.417. The quantitative estimate of drug-likeness (QED) is 0.483. The zero-order valence-corrected chi connectivity index (χ0v) is 22.0. The number of halogens is 2. The monoisotopic (exact) mass is 527 g/mol. The Morgan fingerprint density at radius 3 is 2.29 bits per heavy atom. The van der Waals surface area contributed by atoms with Gasteiger partial charge in [-0.1, -0.05) is 37.6 Å². The predicted octanol–water partition coefficient (Wildman–Crippen LogP) is 3.44. The van der Waals surface area contributed by atoms with Gasteiger partial charge in [-0.2, -0.15) is 0 Å². The van der Waals surface area contributed by atoms with Crippen LogP contribution >= 0.6 is 11.6 Å². The van der Waals surface area contributed by atoms with Crippen molar-refractivity contribution < 1.29 is 27.1 Å². The fourth-order valence-corrected chi connectivity index (χ4v) is 4.29. The van der Waals surface area contributed by atoms with E-state index in [2.05, 4.69) is 5.32 Å². The van der Waals surface area contributed by atoms with Gasteiger partial charge < -0.3 is 15.0 Å². The number of anilines is 1. The fourth-order valence-electron chi connectivity index (χ4n) is 3.27. The van der Waals surface area contributed by atoms with Gasteiger partial charge in [0.15, 0.2) is 0 Å². The van der Waals surface area contributed by atoms with Gasteiger partial charge in [0.1, 0.15) is 24.2 Å². The van der Waals surface area contributed by atoms with Crippen LogP contribution in [0.1, 0.15) is 26.3 Å². The maximum atomic E-state index is 13.5. The largest absolute Gasteiger partial charge is 0.495 e. The Labute approximate surface area is 211 Å². The summed E-state index contributed by atoms with van der Waals surface area (Å²) in [6, 6.07) is 9.01. The van der Waals surface area contributed by atoms with Crippen molar-refractivity contribution in [2.45, 2.75) is 33.4 Å². The van der Waals surface area contributed by atoms with Crippen LogP contribution in [-0.4, -0.2) is 57.6 Å². The molecule has 8 nitrogen and oxygen atoms in total. The van der Waals surface area contributed by atoms with E-state index in [0.29, 0.717) is 12.1 Å². The number of amides is 2. The molecule has 2 aromatic carbocycles. The third-order valence-corrected chi connectivity index (χ3v) is 6.57. The molecule has 1 N–H and O–H groups in total. The summed E-state index contributed by atoms with van der Waals surface area (Å²) >= 11 is 6.08. The van der Waals surface area contributed by atoms with Crippen molar-refractivity contribution in [1.82, 2.24) is 10.2 Å². The molecule has 2 rings (SSSR count). The summed E-state index contributed by atoms with van der Waals surface area (Å²) in [7, 11) is -2.57. The number of ether oxygens (including phenoxy) is 1. The number of hydrogen-bond acceptors (Lipinski definition) is 5. The molecular formula is C24H31ClFN3O5S. The molecule has 0 radical (unpaired) electrons. The van der Waals surface area contributed by atoms with Crippen LogP contribution in [0.25, 0.3) is 0 Å². The van der Waals surface area contributed by atoms with Gasteiger partial charge in [0.2, 0.25) is 21.8 Å². The van der Waals surface area contributed by atoms with E-state index in [9.17, 15) is 22.4 Å². The van der Waals surface area contributed by atoms with Gasteiger partial charge in [0.05, 0.1) is 19.1 Å². The molecule has 1 unspecified atom stereocenters. The third-order valence-electron chi connectivity index (χ3n) is 5.21. The molecule has 0 aliphatic heterocycles. The first-order chi connectivity index (χ1) is 16.3. The number of nitrogens with zero attached hydrogens (tertiary/aromatic N) is 2. The highest BCUT2D eigenvalue weighted by Gasteiger charge is 2.31. The molecule has 0 aromatic heterocycles. The Bertz CT molecular complexity index is 1140. The highest BCUT2D eigenvalue weighted by Crippen LogP contribution is 2.33. The standard InChI is InChI=1S/C24H31ClFN3O5S/c1-16(2)13-27-24(31)17(3)28(14-18-6-9-20(26)10-7-18)23(30)15-29(35(5,32)33)21-12-19(25)8-11-22(21)34-4/h6-12,16-17H,13-15H2,1-5H3,(H,27,31). The third kappa shape index (κ3) is 8.10. The van der Waals surface area contributed by atoms with Gasteiger partial charge in [0, 0.05) is 18.1 Å². The lowest BCUT2D eigenvalue weighted by atomic mass is 10.1. The van der Waals surface area contributed by atoms with Gasteiger partial charge >= 0.3 is 0 Å². The number of carbonyl (C=O) groups excluding carboxylic acids is 2. The molecule has 2 amide bonds. The number of nitrogens with one attached hydrogen (secondary N) is 1. The van der Waals surface area contributed by atoms with Crippen molar-refractivity contribution in [2.75, 3.05) is 30.8 Å². The second-order valence-corrected chi connectivity index (χ2v) is 10.9. The molecule has 0 bridgehead atoms. The number of carbonyl (C=O) groups is 2. The van der Waals surface area contributed by atoms with Crippen molar-refractivity contribution in [2.24, 2.45) is 5.92 Å². The number of rotatable bonds is 11. The molecular weight excluding hydrogens is 497 g/mol. The van der Waals surface area contributed by atoms with Crippen LogP contribution in [0.3, 0.4) is 0 Å². The van der Waals surface area contributed by atoms with Crippen LogP contribution in [0.15, 0.2) is 42.5 Å². The van der Waals surface area contributed by atoms with E-state index >= 15 is 0 Å².